The van der Waals surface area contributed by atoms with Crippen molar-refractivity contribution in [1.29, 1.82) is 0 Å². The Labute approximate surface area is 142 Å². The fraction of sp³-hybridized carbons (Fsp3) is 0.350. The van der Waals surface area contributed by atoms with Crippen LogP contribution in [0.25, 0.3) is 0 Å². The van der Waals surface area contributed by atoms with Gasteiger partial charge in [-0.05, 0) is 48.2 Å². The zero-order valence-electron chi connectivity index (χ0n) is 14.0. The number of methoxy groups -OCH3 is 1. The normalized spacial score (nSPS) is 19.2. The number of nitrogens with zero attached hydrogens (tertiary/aromatic N) is 1. The molecule has 24 heavy (non-hydrogen) atoms. The molecule has 2 heterocycles. The van der Waals surface area contributed by atoms with Crippen LogP contribution in [0.5, 0.6) is 5.75 Å². The van der Waals surface area contributed by atoms with Crippen molar-refractivity contribution in [2.75, 3.05) is 20.3 Å². The van der Waals surface area contributed by atoms with E-state index in [0.29, 0.717) is 0 Å². The quantitative estimate of drug-likeness (QED) is 0.865. The largest absolute Gasteiger partial charge is 0.497 e. The zero-order chi connectivity index (χ0) is 16.6. The molecule has 0 aromatic heterocycles. The molecule has 4 nitrogen and oxygen atoms in total. The standard InChI is InChI=1S/C20H22N2O2/c1-23-17-8-6-16(7-9-17)22-14-15-4-2-3-5-18(15)20(19(22)21)10-12-24-13-11-20/h2-9,21H,10-14H2,1H3/p+1. The van der Waals surface area contributed by atoms with Gasteiger partial charge in [0, 0.05) is 13.2 Å². The number of ether oxygens (including phenoxy) is 2. The summed E-state index contributed by atoms with van der Waals surface area (Å²) in [6.07, 6.45) is 1.87. The summed E-state index contributed by atoms with van der Waals surface area (Å²) >= 11 is 0. The van der Waals surface area contributed by atoms with Gasteiger partial charge in [-0.15, -0.1) is 0 Å². The van der Waals surface area contributed by atoms with Crippen molar-refractivity contribution >= 4 is 11.5 Å². The lowest BCUT2D eigenvalue weighted by Crippen LogP contribution is -2.52. The Bertz CT molecular complexity index is 774. The third kappa shape index (κ3) is 2.29. The van der Waals surface area contributed by atoms with Crippen LogP contribution in [0, 0.1) is 0 Å². The van der Waals surface area contributed by atoms with Gasteiger partial charge in [0.1, 0.15) is 23.4 Å². The van der Waals surface area contributed by atoms with Crippen molar-refractivity contribution < 1.29 is 14.0 Å². The smallest absolute Gasteiger partial charge is 0.259 e. The molecule has 2 N–H and O–H groups in total. The number of benzene rings is 2. The number of amidine groups is 1. The molecule has 0 atom stereocenters. The van der Waals surface area contributed by atoms with Crippen LogP contribution in [-0.2, 0) is 16.7 Å². The topological polar surface area (TPSA) is 47.5 Å². The Kier molecular flexibility index (Phi) is 3.77. The van der Waals surface area contributed by atoms with Crippen molar-refractivity contribution in [3.63, 3.8) is 0 Å². The molecular formula is C20H23N2O2+. The Morgan fingerprint density at radius 1 is 1.04 bits per heavy atom. The first kappa shape index (κ1) is 15.2. The van der Waals surface area contributed by atoms with E-state index in [1.165, 1.54) is 11.1 Å². The molecule has 4 heteroatoms. The maximum Gasteiger partial charge on any atom is 0.259 e. The molecule has 2 aromatic rings. The lowest BCUT2D eigenvalue weighted by molar-refractivity contribution is -0.465. The second kappa shape index (κ2) is 5.95. The molecule has 2 aromatic carbocycles. The summed E-state index contributed by atoms with van der Waals surface area (Å²) in [4.78, 5) is 0. The summed E-state index contributed by atoms with van der Waals surface area (Å²) in [7, 11) is 1.68. The average molecular weight is 323 g/mol. The minimum absolute atomic E-state index is 0.118. The Morgan fingerprint density at radius 3 is 2.46 bits per heavy atom. The first-order valence-corrected chi connectivity index (χ1v) is 8.45. The maximum atomic E-state index is 6.76. The minimum Gasteiger partial charge on any atom is -0.497 e. The van der Waals surface area contributed by atoms with E-state index in [0.717, 1.165) is 49.9 Å². The van der Waals surface area contributed by atoms with Crippen molar-refractivity contribution in [2.24, 2.45) is 5.73 Å². The van der Waals surface area contributed by atoms with E-state index in [9.17, 15) is 0 Å². The lowest BCUT2D eigenvalue weighted by atomic mass is 9.70. The van der Waals surface area contributed by atoms with Gasteiger partial charge in [0.05, 0.1) is 7.11 Å². The predicted octanol–water partition coefficient (Wildman–Crippen LogP) is 2.96. The summed E-state index contributed by atoms with van der Waals surface area (Å²) in [5, 5.41) is 0. The van der Waals surface area contributed by atoms with Gasteiger partial charge in [-0.2, -0.15) is 0 Å². The van der Waals surface area contributed by atoms with E-state index in [1.54, 1.807) is 7.11 Å². The first-order valence-electron chi connectivity index (χ1n) is 8.45. The molecule has 2 aliphatic heterocycles. The highest BCUT2D eigenvalue weighted by Gasteiger charge is 2.47. The van der Waals surface area contributed by atoms with Crippen LogP contribution >= 0.6 is 0 Å². The van der Waals surface area contributed by atoms with Crippen molar-refractivity contribution in [2.45, 2.75) is 24.8 Å². The van der Waals surface area contributed by atoms with Crippen LogP contribution in [0.3, 0.4) is 0 Å². The molecule has 0 aliphatic carbocycles. The van der Waals surface area contributed by atoms with Crippen molar-refractivity contribution in [1.82, 2.24) is 0 Å². The highest BCUT2D eigenvalue weighted by molar-refractivity contribution is 5.90. The second-order valence-electron chi connectivity index (χ2n) is 6.52. The van der Waals surface area contributed by atoms with Crippen LogP contribution in [0.2, 0.25) is 0 Å². The van der Waals surface area contributed by atoms with Gasteiger partial charge in [-0.25, -0.2) is 4.58 Å². The first-order chi connectivity index (χ1) is 11.7. The number of rotatable bonds is 2. The molecule has 2 aliphatic rings. The molecule has 4 rings (SSSR count). The SMILES string of the molecule is COc1ccc([N+]2=C(N)C3(CCOCC3)c3ccccc3C2)cc1. The molecule has 1 fully saturated rings. The number of fused-ring (bicyclic) bond motifs is 2. The summed E-state index contributed by atoms with van der Waals surface area (Å²) in [5.74, 6) is 1.80. The molecular weight excluding hydrogens is 300 g/mol. The second-order valence-corrected chi connectivity index (χ2v) is 6.52. The van der Waals surface area contributed by atoms with E-state index in [1.807, 2.05) is 12.1 Å². The van der Waals surface area contributed by atoms with Gasteiger partial charge in [-0.1, -0.05) is 24.3 Å². The minimum atomic E-state index is -0.118. The molecule has 0 radical (unpaired) electrons. The van der Waals surface area contributed by atoms with E-state index in [2.05, 4.69) is 41.0 Å². The van der Waals surface area contributed by atoms with Crippen LogP contribution < -0.4 is 10.5 Å². The number of hydrogen-bond donors (Lipinski definition) is 1. The van der Waals surface area contributed by atoms with Gasteiger partial charge in [-0.3, -0.25) is 5.73 Å². The molecule has 0 saturated carbocycles. The number of nitrogens with two attached hydrogens (primary N) is 1. The van der Waals surface area contributed by atoms with Crippen LogP contribution in [0.15, 0.2) is 48.5 Å². The zero-order valence-corrected chi connectivity index (χ0v) is 14.0. The van der Waals surface area contributed by atoms with E-state index in [-0.39, 0.29) is 5.41 Å². The van der Waals surface area contributed by atoms with Crippen molar-refractivity contribution in [3.8, 4) is 5.75 Å². The molecule has 1 spiro atoms. The third-order valence-electron chi connectivity index (χ3n) is 5.37. The Balaban J connectivity index is 1.85. The van der Waals surface area contributed by atoms with E-state index in [4.69, 9.17) is 15.2 Å². The molecule has 0 amide bonds. The molecule has 1 saturated heterocycles. The summed E-state index contributed by atoms with van der Waals surface area (Å²) < 4.78 is 13.1. The highest BCUT2D eigenvalue weighted by Crippen LogP contribution is 2.41. The van der Waals surface area contributed by atoms with Gasteiger partial charge >= 0.3 is 0 Å². The molecule has 124 valence electrons. The third-order valence-corrected chi connectivity index (χ3v) is 5.37. The Morgan fingerprint density at radius 2 is 1.75 bits per heavy atom. The van der Waals surface area contributed by atoms with Crippen molar-refractivity contribution in [3.05, 3.63) is 59.7 Å². The monoisotopic (exact) mass is 323 g/mol. The average Bonchev–Trinajstić information content (AvgIpc) is 2.66. The fourth-order valence-corrected chi connectivity index (χ4v) is 4.01. The van der Waals surface area contributed by atoms with Gasteiger partial charge < -0.3 is 9.47 Å². The van der Waals surface area contributed by atoms with Crippen LogP contribution in [0.4, 0.5) is 5.69 Å². The summed E-state index contributed by atoms with van der Waals surface area (Å²) in [6, 6.07) is 16.8. The maximum absolute atomic E-state index is 6.76. The fourth-order valence-electron chi connectivity index (χ4n) is 4.01. The highest BCUT2D eigenvalue weighted by atomic mass is 16.5. The van der Waals surface area contributed by atoms with Gasteiger partial charge in [0.15, 0.2) is 0 Å². The van der Waals surface area contributed by atoms with E-state index >= 15 is 0 Å². The van der Waals surface area contributed by atoms with Crippen LogP contribution in [-0.4, -0.2) is 30.7 Å². The predicted molar refractivity (Wildman–Crippen MR) is 94.0 cm³/mol. The van der Waals surface area contributed by atoms with Crippen LogP contribution in [0.1, 0.15) is 24.0 Å². The van der Waals surface area contributed by atoms with Gasteiger partial charge in [0.2, 0.25) is 0 Å². The lowest BCUT2D eigenvalue weighted by Gasteiger charge is -2.39. The number of hydrogen-bond acceptors (Lipinski definition) is 3. The summed E-state index contributed by atoms with van der Waals surface area (Å²) in [6.45, 7) is 2.31. The van der Waals surface area contributed by atoms with E-state index < -0.39 is 0 Å². The van der Waals surface area contributed by atoms with Gasteiger partial charge in [0.25, 0.3) is 5.84 Å². The molecule has 0 bridgehead atoms. The molecule has 0 unspecified atom stereocenters. The Hall–Kier alpha value is -2.33. The summed E-state index contributed by atoms with van der Waals surface area (Å²) in [5.41, 5.74) is 10.5.